The number of rotatable bonds is 20. The lowest BCUT2D eigenvalue weighted by Crippen LogP contribution is -2.53. The predicted octanol–water partition coefficient (Wildman–Crippen LogP) is 12.9. The lowest BCUT2D eigenvalue weighted by Gasteiger charge is -2.41. The molecule has 1 heterocycles. The van der Waals surface area contributed by atoms with Crippen LogP contribution in [0.2, 0.25) is 34.3 Å². The van der Waals surface area contributed by atoms with Crippen LogP contribution >= 0.6 is 0 Å². The third kappa shape index (κ3) is 8.10. The average molecular weight is 619 g/mol. The van der Waals surface area contributed by atoms with Crippen LogP contribution in [0.4, 0.5) is 11.4 Å². The molecule has 0 saturated carbocycles. The predicted molar refractivity (Wildman–Crippen MR) is 201 cm³/mol. The first-order valence-corrected chi connectivity index (χ1v) is 23.3. The maximum atomic E-state index is 5.18. The van der Waals surface area contributed by atoms with Crippen LogP contribution < -0.4 is 15.7 Å². The molecule has 0 fully saturated rings. The number of unbranched alkanes of at least 4 members (excludes halogenated alkanes) is 10. The Bertz CT molecular complexity index is 1010. The van der Waals surface area contributed by atoms with Gasteiger partial charge in [-0.3, -0.25) is 0 Å². The van der Waals surface area contributed by atoms with E-state index in [9.17, 15) is 0 Å². The summed E-state index contributed by atoms with van der Waals surface area (Å²) in [6.45, 7) is 24.9. The van der Waals surface area contributed by atoms with E-state index < -0.39 is 16.1 Å². The van der Waals surface area contributed by atoms with Gasteiger partial charge >= 0.3 is 0 Å². The van der Waals surface area contributed by atoms with Gasteiger partial charge in [0.1, 0.15) is 0 Å². The van der Waals surface area contributed by atoms with Crippen molar-refractivity contribution in [1.29, 1.82) is 0 Å². The SMILES string of the molecule is CCCCCCCC[Si](c1ccc2c(c1)-c1cc([Si](CCCCCCCC)(C(C)C)C(C)C)ccc1[N]2)(C(C)C)C(C)C. The number of benzene rings is 2. The second-order valence-corrected chi connectivity index (χ2v) is 26.2. The van der Waals surface area contributed by atoms with Gasteiger partial charge in [0.05, 0.1) is 27.5 Å². The Hall–Kier alpha value is -1.33. The molecule has 0 atom stereocenters. The summed E-state index contributed by atoms with van der Waals surface area (Å²) in [5.74, 6) is 0. The molecule has 3 rings (SSSR count). The Morgan fingerprint density at radius 3 is 1.12 bits per heavy atom. The van der Waals surface area contributed by atoms with Gasteiger partial charge < -0.3 is 0 Å². The molecule has 0 aliphatic carbocycles. The first kappa shape index (κ1) is 36.1. The van der Waals surface area contributed by atoms with Crippen LogP contribution in [0.1, 0.15) is 146 Å². The highest BCUT2D eigenvalue weighted by molar-refractivity contribution is 6.94. The zero-order valence-corrected chi connectivity index (χ0v) is 32.1. The van der Waals surface area contributed by atoms with E-state index in [1.807, 2.05) is 0 Å². The van der Waals surface area contributed by atoms with Crippen molar-refractivity contribution in [3.05, 3.63) is 36.4 Å². The summed E-state index contributed by atoms with van der Waals surface area (Å²) in [7, 11) is -3.42. The lowest BCUT2D eigenvalue weighted by molar-refractivity contribution is 0.620. The summed E-state index contributed by atoms with van der Waals surface area (Å²) in [5, 5.41) is 8.54. The molecule has 43 heavy (non-hydrogen) atoms. The maximum absolute atomic E-state index is 5.18. The fourth-order valence-electron chi connectivity index (χ4n) is 8.91. The Morgan fingerprint density at radius 1 is 0.465 bits per heavy atom. The zero-order valence-electron chi connectivity index (χ0n) is 30.1. The van der Waals surface area contributed by atoms with E-state index in [0.29, 0.717) is 0 Å². The zero-order chi connectivity index (χ0) is 31.6. The standard InChI is InChI=1S/C40H68NSi2/c1-11-13-15-17-19-21-27-42(31(3)4,32(5)6)35-23-25-39-37(29-35)38-30-36(24-26-40(38)41-39)43(33(7)8,34(9)10)28-22-20-18-16-14-12-2/h23-26,29-34H,11-22,27-28H2,1-10H3. The molecule has 1 nitrogen and oxygen atoms in total. The Labute approximate surface area is 270 Å². The van der Waals surface area contributed by atoms with E-state index in [0.717, 1.165) is 22.2 Å². The monoisotopic (exact) mass is 618 g/mol. The van der Waals surface area contributed by atoms with Gasteiger partial charge in [0.15, 0.2) is 0 Å². The molecule has 0 saturated heterocycles. The van der Waals surface area contributed by atoms with Crippen molar-refractivity contribution in [2.75, 3.05) is 0 Å². The minimum absolute atomic E-state index is 0.740. The molecule has 1 radical (unpaired) electrons. The molecule has 1 aliphatic rings. The fraction of sp³-hybridized carbons (Fsp3) is 0.700. The normalized spacial score (nSPS) is 13.3. The van der Waals surface area contributed by atoms with E-state index >= 15 is 0 Å². The van der Waals surface area contributed by atoms with Crippen LogP contribution in [-0.4, -0.2) is 16.1 Å². The van der Waals surface area contributed by atoms with Crippen molar-refractivity contribution in [1.82, 2.24) is 5.32 Å². The highest BCUT2D eigenvalue weighted by Crippen LogP contribution is 2.46. The van der Waals surface area contributed by atoms with Crippen molar-refractivity contribution in [2.45, 2.75) is 181 Å². The molecule has 0 aromatic heterocycles. The quantitative estimate of drug-likeness (QED) is 0.0883. The number of fused-ring (bicyclic) bond motifs is 3. The topological polar surface area (TPSA) is 14.1 Å². The second kappa shape index (κ2) is 16.8. The minimum atomic E-state index is -1.71. The summed E-state index contributed by atoms with van der Waals surface area (Å²) in [4.78, 5) is 0. The Kier molecular flexibility index (Phi) is 14.1. The van der Waals surface area contributed by atoms with E-state index in [4.69, 9.17) is 5.32 Å². The van der Waals surface area contributed by atoms with Crippen LogP contribution in [0.5, 0.6) is 0 Å². The van der Waals surface area contributed by atoms with Gasteiger partial charge in [-0.05, 0) is 34.3 Å². The van der Waals surface area contributed by atoms with Crippen molar-refractivity contribution in [2.24, 2.45) is 0 Å². The van der Waals surface area contributed by atoms with Crippen LogP contribution in [0.15, 0.2) is 36.4 Å². The molecule has 0 unspecified atom stereocenters. The van der Waals surface area contributed by atoms with Gasteiger partial charge in [0.2, 0.25) is 0 Å². The van der Waals surface area contributed by atoms with E-state index in [1.54, 1.807) is 10.4 Å². The number of nitrogens with zero attached hydrogens (tertiary/aromatic N) is 1. The summed E-state index contributed by atoms with van der Waals surface area (Å²) < 4.78 is 0. The molecule has 0 amide bonds. The smallest absolute Gasteiger partial charge is 0.0917 e. The Balaban J connectivity index is 1.97. The van der Waals surface area contributed by atoms with Crippen LogP contribution in [0.3, 0.4) is 0 Å². The number of hydrogen-bond acceptors (Lipinski definition) is 0. The molecule has 0 N–H and O–H groups in total. The second-order valence-electron chi connectivity index (χ2n) is 15.3. The lowest BCUT2D eigenvalue weighted by atomic mass is 10.1. The molecular formula is C40H68NSi2. The van der Waals surface area contributed by atoms with Crippen LogP contribution in [0, 0.1) is 0 Å². The van der Waals surface area contributed by atoms with Gasteiger partial charge in [0, 0.05) is 11.1 Å². The molecule has 1 aliphatic heterocycles. The van der Waals surface area contributed by atoms with Gasteiger partial charge in [0.25, 0.3) is 0 Å². The molecular weight excluding hydrogens is 551 g/mol. The Morgan fingerprint density at radius 2 is 0.791 bits per heavy atom. The largest absolute Gasteiger partial charge is 0.248 e. The van der Waals surface area contributed by atoms with Crippen molar-refractivity contribution < 1.29 is 0 Å². The molecule has 0 bridgehead atoms. The van der Waals surface area contributed by atoms with Crippen molar-refractivity contribution >= 4 is 37.9 Å². The van der Waals surface area contributed by atoms with Crippen LogP contribution in [0.25, 0.3) is 11.1 Å². The van der Waals surface area contributed by atoms with Gasteiger partial charge in [-0.15, -0.1) is 0 Å². The van der Waals surface area contributed by atoms with Gasteiger partial charge in [-0.25, -0.2) is 5.32 Å². The summed E-state index contributed by atoms with van der Waals surface area (Å²) in [6, 6.07) is 17.9. The van der Waals surface area contributed by atoms with E-state index in [1.165, 1.54) is 112 Å². The molecule has 2 aromatic carbocycles. The molecule has 3 heteroatoms. The van der Waals surface area contributed by atoms with Gasteiger partial charge in [-0.2, -0.15) is 0 Å². The summed E-state index contributed by atoms with van der Waals surface area (Å²) in [6.07, 6.45) is 16.7. The molecule has 241 valence electrons. The first-order valence-electron chi connectivity index (χ1n) is 18.6. The maximum Gasteiger partial charge on any atom is 0.0917 e. The summed E-state index contributed by atoms with van der Waals surface area (Å²) >= 11 is 0. The average Bonchev–Trinajstić information content (AvgIpc) is 3.33. The summed E-state index contributed by atoms with van der Waals surface area (Å²) in [5.41, 5.74) is 8.20. The highest BCUT2D eigenvalue weighted by Gasteiger charge is 2.43. The van der Waals surface area contributed by atoms with Crippen LogP contribution in [-0.2, 0) is 0 Å². The van der Waals surface area contributed by atoms with Crippen molar-refractivity contribution in [3.63, 3.8) is 0 Å². The third-order valence-electron chi connectivity index (χ3n) is 11.6. The molecule has 0 spiro atoms. The van der Waals surface area contributed by atoms with E-state index in [2.05, 4.69) is 106 Å². The highest BCUT2D eigenvalue weighted by atomic mass is 28.3. The third-order valence-corrected chi connectivity index (χ3v) is 25.0. The van der Waals surface area contributed by atoms with Crippen molar-refractivity contribution in [3.8, 4) is 11.1 Å². The molecule has 2 aromatic rings. The first-order chi connectivity index (χ1) is 20.6. The van der Waals surface area contributed by atoms with Gasteiger partial charge in [-0.1, -0.05) is 193 Å². The minimum Gasteiger partial charge on any atom is -0.248 e. The van der Waals surface area contributed by atoms with E-state index in [-0.39, 0.29) is 0 Å². The fourth-order valence-corrected chi connectivity index (χ4v) is 20.4. The number of hydrogen-bond donors (Lipinski definition) is 0.